The Bertz CT molecular complexity index is 744. The van der Waals surface area contributed by atoms with E-state index in [2.05, 4.69) is 20.1 Å². The monoisotopic (exact) mass is 374 g/mol. The highest BCUT2D eigenvalue weighted by atomic mass is 19.4. The maximum atomic E-state index is 13.5. The molecular weight excluding hydrogens is 366 g/mol. The average Bonchev–Trinajstić information content (AvgIpc) is 3.04. The van der Waals surface area contributed by atoms with Gasteiger partial charge in [-0.2, -0.15) is 26.3 Å². The van der Waals surface area contributed by atoms with Gasteiger partial charge in [0, 0.05) is 0 Å². The molecule has 0 aliphatic heterocycles. The van der Waals surface area contributed by atoms with Crippen LogP contribution in [0.25, 0.3) is 0 Å². The molecule has 15 heteroatoms. The highest BCUT2D eigenvalue weighted by molar-refractivity contribution is 5.24. The third kappa shape index (κ3) is 4.65. The molecule has 0 aliphatic rings. The van der Waals surface area contributed by atoms with E-state index in [0.29, 0.717) is 15.6 Å². The molecule has 0 aromatic carbocycles. The third-order valence-corrected chi connectivity index (χ3v) is 2.88. The summed E-state index contributed by atoms with van der Waals surface area (Å²) in [5, 5.41) is 20.2. The number of rotatable bonds is 7. The molecule has 2 rings (SSSR count). The topological polar surface area (TPSA) is 101 Å². The van der Waals surface area contributed by atoms with Crippen LogP contribution in [0.1, 0.15) is 11.7 Å². The Kier molecular flexibility index (Phi) is 5.24. The lowest BCUT2D eigenvalue weighted by atomic mass is 10.2. The standard InChI is InChI=1S/C10H8F6N6O3/c11-8-6(22(23)24)2-20(18-8)7(3-25-9(12)13)5-1-17-19-21(5)4-10(14,15)16/h1-2,7,9H,3-4H2. The van der Waals surface area contributed by atoms with Gasteiger partial charge in [-0.15, -0.1) is 10.2 Å². The minimum absolute atomic E-state index is 0.324. The van der Waals surface area contributed by atoms with Crippen molar-refractivity contribution < 1.29 is 36.0 Å². The van der Waals surface area contributed by atoms with Crippen LogP contribution in [-0.2, 0) is 11.3 Å². The van der Waals surface area contributed by atoms with Crippen LogP contribution < -0.4 is 0 Å². The first-order valence-corrected chi connectivity index (χ1v) is 6.32. The molecule has 0 saturated carbocycles. The van der Waals surface area contributed by atoms with Crippen molar-refractivity contribution in [1.29, 1.82) is 0 Å². The number of halogens is 6. The van der Waals surface area contributed by atoms with E-state index in [1.165, 1.54) is 0 Å². The number of nitrogens with zero attached hydrogens (tertiary/aromatic N) is 6. The molecule has 2 aromatic heterocycles. The Balaban J connectivity index is 2.42. The average molecular weight is 374 g/mol. The van der Waals surface area contributed by atoms with E-state index in [9.17, 15) is 36.5 Å². The van der Waals surface area contributed by atoms with E-state index >= 15 is 0 Å². The molecule has 25 heavy (non-hydrogen) atoms. The zero-order valence-corrected chi connectivity index (χ0v) is 11.9. The number of alkyl halides is 5. The number of ether oxygens (including phenoxy) is 1. The summed E-state index contributed by atoms with van der Waals surface area (Å²) < 4.78 is 80.5. The van der Waals surface area contributed by atoms with Gasteiger partial charge >= 0.3 is 24.4 Å². The van der Waals surface area contributed by atoms with Crippen molar-refractivity contribution in [3.8, 4) is 0 Å². The fraction of sp³-hybridized carbons (Fsp3) is 0.500. The van der Waals surface area contributed by atoms with Gasteiger partial charge in [0.15, 0.2) is 0 Å². The zero-order valence-electron chi connectivity index (χ0n) is 11.9. The maximum absolute atomic E-state index is 13.5. The molecule has 1 unspecified atom stereocenters. The summed E-state index contributed by atoms with van der Waals surface area (Å²) >= 11 is 0. The molecule has 2 aromatic rings. The van der Waals surface area contributed by atoms with E-state index in [0.717, 1.165) is 6.20 Å². The summed E-state index contributed by atoms with van der Waals surface area (Å²) in [7, 11) is 0. The third-order valence-electron chi connectivity index (χ3n) is 2.88. The number of aromatic nitrogens is 5. The van der Waals surface area contributed by atoms with Gasteiger partial charge in [-0.1, -0.05) is 5.21 Å². The molecule has 2 heterocycles. The van der Waals surface area contributed by atoms with Crippen LogP contribution in [-0.4, -0.2) is 49.1 Å². The summed E-state index contributed by atoms with van der Waals surface area (Å²) in [6, 6.07) is -1.56. The molecule has 9 nitrogen and oxygen atoms in total. The van der Waals surface area contributed by atoms with Crippen molar-refractivity contribution >= 4 is 5.69 Å². The Morgan fingerprint density at radius 1 is 1.36 bits per heavy atom. The van der Waals surface area contributed by atoms with E-state index in [1.807, 2.05) is 0 Å². The second-order valence-electron chi connectivity index (χ2n) is 4.58. The molecule has 0 aliphatic carbocycles. The predicted octanol–water partition coefficient (Wildman–Crippen LogP) is 1.91. The largest absolute Gasteiger partial charge is 0.408 e. The summed E-state index contributed by atoms with van der Waals surface area (Å²) in [5.41, 5.74) is -1.49. The number of nitro groups is 1. The molecule has 0 radical (unpaired) electrons. The molecule has 0 bridgehead atoms. The first-order chi connectivity index (χ1) is 11.6. The first kappa shape index (κ1) is 18.6. The van der Waals surface area contributed by atoms with Gasteiger partial charge in [-0.05, 0) is 0 Å². The normalized spacial score (nSPS) is 13.4. The van der Waals surface area contributed by atoms with E-state index in [1.54, 1.807) is 0 Å². The Morgan fingerprint density at radius 3 is 2.56 bits per heavy atom. The van der Waals surface area contributed by atoms with Crippen LogP contribution in [0.4, 0.5) is 32.0 Å². The van der Waals surface area contributed by atoms with E-state index < -0.39 is 54.2 Å². The summed E-state index contributed by atoms with van der Waals surface area (Å²) in [5.74, 6) is -1.54. The second kappa shape index (κ2) is 7.04. The highest BCUT2D eigenvalue weighted by Crippen LogP contribution is 2.25. The van der Waals surface area contributed by atoms with Crippen LogP contribution in [0.2, 0.25) is 0 Å². The van der Waals surface area contributed by atoms with Crippen molar-refractivity contribution in [1.82, 2.24) is 24.8 Å². The van der Waals surface area contributed by atoms with Crippen molar-refractivity contribution in [2.45, 2.75) is 25.4 Å². The van der Waals surface area contributed by atoms with Crippen LogP contribution in [0.5, 0.6) is 0 Å². The molecule has 0 fully saturated rings. The lowest BCUT2D eigenvalue weighted by Crippen LogP contribution is -2.26. The van der Waals surface area contributed by atoms with Crippen LogP contribution >= 0.6 is 0 Å². The first-order valence-electron chi connectivity index (χ1n) is 6.32. The maximum Gasteiger partial charge on any atom is 0.408 e. The van der Waals surface area contributed by atoms with Gasteiger partial charge in [0.05, 0.1) is 23.4 Å². The summed E-state index contributed by atoms with van der Waals surface area (Å²) in [6.07, 6.45) is -3.37. The van der Waals surface area contributed by atoms with E-state index in [-0.39, 0.29) is 0 Å². The van der Waals surface area contributed by atoms with Gasteiger partial charge in [0.25, 0.3) is 0 Å². The predicted molar refractivity (Wildman–Crippen MR) is 65.0 cm³/mol. The minimum atomic E-state index is -4.71. The number of hydrogen-bond donors (Lipinski definition) is 0. The van der Waals surface area contributed by atoms with Crippen molar-refractivity contribution in [2.75, 3.05) is 6.61 Å². The summed E-state index contributed by atoms with van der Waals surface area (Å²) in [4.78, 5) is 9.52. The van der Waals surface area contributed by atoms with E-state index in [4.69, 9.17) is 0 Å². The molecule has 0 amide bonds. The fourth-order valence-electron chi connectivity index (χ4n) is 1.92. The van der Waals surface area contributed by atoms with Gasteiger partial charge < -0.3 is 4.74 Å². The van der Waals surface area contributed by atoms with Gasteiger partial charge in [-0.25, -0.2) is 4.68 Å². The zero-order chi connectivity index (χ0) is 18.8. The van der Waals surface area contributed by atoms with Crippen molar-refractivity contribution in [3.05, 3.63) is 34.1 Å². The number of hydrogen-bond acceptors (Lipinski definition) is 6. The van der Waals surface area contributed by atoms with Gasteiger partial charge in [-0.3, -0.25) is 14.8 Å². The summed E-state index contributed by atoms with van der Waals surface area (Å²) in [6.45, 7) is -5.86. The fourth-order valence-corrected chi connectivity index (χ4v) is 1.92. The smallest absolute Gasteiger partial charge is 0.320 e. The van der Waals surface area contributed by atoms with Crippen molar-refractivity contribution in [3.63, 3.8) is 0 Å². The molecule has 138 valence electrons. The Labute approximate surface area is 133 Å². The second-order valence-corrected chi connectivity index (χ2v) is 4.58. The quantitative estimate of drug-likeness (QED) is 0.417. The SMILES string of the molecule is O=[N+]([O-])c1cn(C(COC(F)F)c2cnnn2CC(F)(F)F)nc1F. The van der Waals surface area contributed by atoms with Crippen molar-refractivity contribution in [2.24, 2.45) is 0 Å². The molecular formula is C10H8F6N6O3. The molecule has 0 saturated heterocycles. The molecule has 1 atom stereocenters. The van der Waals surface area contributed by atoms with Crippen LogP contribution in [0, 0.1) is 16.1 Å². The lowest BCUT2D eigenvalue weighted by molar-refractivity contribution is -0.387. The molecule has 0 N–H and O–H groups in total. The van der Waals surface area contributed by atoms with Gasteiger partial charge in [0.1, 0.15) is 18.8 Å². The highest BCUT2D eigenvalue weighted by Gasteiger charge is 2.33. The Morgan fingerprint density at radius 2 is 2.04 bits per heavy atom. The van der Waals surface area contributed by atoms with Crippen LogP contribution in [0.15, 0.2) is 12.4 Å². The van der Waals surface area contributed by atoms with Crippen LogP contribution in [0.3, 0.4) is 0 Å². The Hall–Kier alpha value is -2.71. The minimum Gasteiger partial charge on any atom is -0.320 e. The lowest BCUT2D eigenvalue weighted by Gasteiger charge is -2.18. The molecule has 0 spiro atoms. The van der Waals surface area contributed by atoms with Gasteiger partial charge in [0.2, 0.25) is 0 Å².